The zero-order valence-electron chi connectivity index (χ0n) is 18.6. The molecular formula is C24H29N3O4S. The van der Waals surface area contributed by atoms with Crippen molar-refractivity contribution in [2.24, 2.45) is 5.14 Å². The van der Waals surface area contributed by atoms with Crippen LogP contribution in [0.5, 0.6) is 5.75 Å². The molecule has 1 saturated heterocycles. The van der Waals surface area contributed by atoms with Crippen LogP contribution in [0.4, 0.5) is 5.69 Å². The lowest BCUT2D eigenvalue weighted by Gasteiger charge is -2.25. The molecule has 0 spiro atoms. The molecule has 8 heteroatoms. The fourth-order valence-corrected chi connectivity index (χ4v) is 4.82. The van der Waals surface area contributed by atoms with Gasteiger partial charge in [-0.15, -0.1) is 0 Å². The number of fused-ring (bicyclic) bond motifs is 1. The minimum absolute atomic E-state index is 0.0707. The Morgan fingerprint density at radius 3 is 2.59 bits per heavy atom. The summed E-state index contributed by atoms with van der Waals surface area (Å²) in [6.07, 6.45) is 1.84. The van der Waals surface area contributed by atoms with Crippen LogP contribution >= 0.6 is 0 Å². The molecule has 2 aromatic carbocycles. The van der Waals surface area contributed by atoms with E-state index < -0.39 is 10.0 Å². The highest BCUT2D eigenvalue weighted by molar-refractivity contribution is 7.89. The van der Waals surface area contributed by atoms with E-state index in [0.717, 1.165) is 46.3 Å². The number of hydrogen-bond acceptors (Lipinski definition) is 6. The number of nitrogens with one attached hydrogen (secondary N) is 1. The smallest absolute Gasteiger partial charge is 0.240 e. The van der Waals surface area contributed by atoms with Crippen molar-refractivity contribution in [3.05, 3.63) is 59.3 Å². The Bertz CT molecular complexity index is 1240. The number of benzene rings is 2. The molecule has 0 bridgehead atoms. The second-order valence-corrected chi connectivity index (χ2v) is 9.86. The van der Waals surface area contributed by atoms with Gasteiger partial charge in [-0.1, -0.05) is 18.2 Å². The first kappa shape index (κ1) is 22.5. The molecule has 170 valence electrons. The van der Waals surface area contributed by atoms with Crippen molar-refractivity contribution < 1.29 is 17.9 Å². The van der Waals surface area contributed by atoms with E-state index in [1.807, 2.05) is 26.8 Å². The molecule has 1 aliphatic rings. The van der Waals surface area contributed by atoms with Crippen LogP contribution in [0.3, 0.4) is 0 Å². The summed E-state index contributed by atoms with van der Waals surface area (Å²) in [6, 6.07) is 12.7. The van der Waals surface area contributed by atoms with Crippen molar-refractivity contribution in [2.45, 2.75) is 50.7 Å². The van der Waals surface area contributed by atoms with Crippen molar-refractivity contribution in [2.75, 3.05) is 18.5 Å². The molecule has 0 unspecified atom stereocenters. The van der Waals surface area contributed by atoms with Crippen LogP contribution < -0.4 is 15.2 Å². The van der Waals surface area contributed by atoms with Crippen LogP contribution in [-0.2, 0) is 14.8 Å². The number of rotatable bonds is 6. The lowest BCUT2D eigenvalue weighted by atomic mass is 9.98. The second kappa shape index (κ2) is 9.05. The Hall–Kier alpha value is -2.68. The molecule has 3 aromatic rings. The molecule has 1 aliphatic heterocycles. The van der Waals surface area contributed by atoms with E-state index in [9.17, 15) is 8.42 Å². The van der Waals surface area contributed by atoms with Crippen LogP contribution in [0.2, 0.25) is 0 Å². The number of pyridine rings is 1. The van der Waals surface area contributed by atoms with Crippen LogP contribution in [-0.4, -0.2) is 32.7 Å². The monoisotopic (exact) mass is 455 g/mol. The summed E-state index contributed by atoms with van der Waals surface area (Å²) in [6.45, 7) is 7.39. The molecule has 1 atom stereocenters. The van der Waals surface area contributed by atoms with E-state index in [4.69, 9.17) is 19.6 Å². The summed E-state index contributed by atoms with van der Waals surface area (Å²) >= 11 is 0. The largest absolute Gasteiger partial charge is 0.488 e. The second-order valence-electron chi connectivity index (χ2n) is 8.33. The SMILES string of the molecule is Cc1cc([C@@H](C)Nc2ccccc2S(N)(=O)=O)c2cc(OC3CCOCC3)c(C)nc2c1. The molecule has 0 saturated carbocycles. The molecule has 4 rings (SSSR count). The summed E-state index contributed by atoms with van der Waals surface area (Å²) in [5, 5.41) is 9.70. The van der Waals surface area contributed by atoms with Gasteiger partial charge in [0.05, 0.1) is 30.1 Å². The van der Waals surface area contributed by atoms with E-state index >= 15 is 0 Å². The number of aromatic nitrogens is 1. The average molecular weight is 456 g/mol. The van der Waals surface area contributed by atoms with Gasteiger partial charge in [-0.3, -0.25) is 0 Å². The van der Waals surface area contributed by atoms with Crippen LogP contribution in [0.15, 0.2) is 47.4 Å². The Morgan fingerprint density at radius 1 is 1.16 bits per heavy atom. The van der Waals surface area contributed by atoms with Gasteiger partial charge >= 0.3 is 0 Å². The molecule has 3 N–H and O–H groups in total. The molecular weight excluding hydrogens is 426 g/mol. The van der Waals surface area contributed by atoms with Gasteiger partial charge in [0, 0.05) is 24.3 Å². The first-order valence-corrected chi connectivity index (χ1v) is 12.3. The van der Waals surface area contributed by atoms with E-state index in [-0.39, 0.29) is 17.0 Å². The van der Waals surface area contributed by atoms with Gasteiger partial charge in [-0.2, -0.15) is 0 Å². The van der Waals surface area contributed by atoms with Crippen LogP contribution in [0, 0.1) is 13.8 Å². The van der Waals surface area contributed by atoms with Crippen molar-refractivity contribution in [1.29, 1.82) is 0 Å². The maximum absolute atomic E-state index is 12.0. The Morgan fingerprint density at radius 2 is 1.88 bits per heavy atom. The van der Waals surface area contributed by atoms with Gasteiger partial charge in [-0.25, -0.2) is 18.5 Å². The fraction of sp³-hybridized carbons (Fsp3) is 0.375. The molecule has 1 fully saturated rings. The average Bonchev–Trinajstić information content (AvgIpc) is 2.74. The quantitative estimate of drug-likeness (QED) is 0.576. The Balaban J connectivity index is 1.72. The zero-order valence-corrected chi connectivity index (χ0v) is 19.4. The topological polar surface area (TPSA) is 104 Å². The van der Waals surface area contributed by atoms with Crippen molar-refractivity contribution in [1.82, 2.24) is 4.98 Å². The van der Waals surface area contributed by atoms with E-state index in [0.29, 0.717) is 18.9 Å². The molecule has 2 heterocycles. The minimum Gasteiger partial charge on any atom is -0.488 e. The van der Waals surface area contributed by atoms with E-state index in [2.05, 4.69) is 17.4 Å². The highest BCUT2D eigenvalue weighted by atomic mass is 32.2. The number of anilines is 1. The number of nitrogens with zero attached hydrogens (tertiary/aromatic N) is 1. The Labute approximate surface area is 189 Å². The molecule has 1 aromatic heterocycles. The van der Waals surface area contributed by atoms with Crippen LogP contribution in [0.25, 0.3) is 10.9 Å². The molecule has 7 nitrogen and oxygen atoms in total. The van der Waals surface area contributed by atoms with Crippen molar-refractivity contribution in [3.8, 4) is 5.75 Å². The lowest BCUT2D eigenvalue weighted by molar-refractivity contribution is 0.0252. The number of sulfonamides is 1. The van der Waals surface area contributed by atoms with Gasteiger partial charge in [0.15, 0.2) is 0 Å². The number of nitrogens with two attached hydrogens (primary N) is 1. The van der Waals surface area contributed by atoms with Gasteiger partial charge in [0.25, 0.3) is 0 Å². The van der Waals surface area contributed by atoms with Gasteiger partial charge in [-0.05, 0) is 56.2 Å². The third kappa shape index (κ3) is 4.87. The maximum atomic E-state index is 12.0. The molecule has 0 radical (unpaired) electrons. The number of hydrogen-bond donors (Lipinski definition) is 2. The third-order valence-corrected chi connectivity index (χ3v) is 6.72. The predicted octanol–water partition coefficient (Wildman–Crippen LogP) is 4.23. The van der Waals surface area contributed by atoms with Crippen molar-refractivity contribution >= 4 is 26.6 Å². The summed E-state index contributed by atoms with van der Waals surface area (Å²) in [4.78, 5) is 4.88. The predicted molar refractivity (Wildman–Crippen MR) is 126 cm³/mol. The number of ether oxygens (including phenoxy) is 2. The standard InChI is InChI=1S/C24H29N3O4S/c1-15-12-19(16(2)26-21-6-4-5-7-24(21)32(25,28)29)20-14-23(17(3)27-22(20)13-15)31-18-8-10-30-11-9-18/h4-7,12-14,16,18,26H,8-11H2,1-3H3,(H2,25,28,29)/t16-/m1/s1. The molecule has 0 amide bonds. The maximum Gasteiger partial charge on any atom is 0.240 e. The normalized spacial score (nSPS) is 16.1. The highest BCUT2D eigenvalue weighted by Crippen LogP contribution is 2.33. The van der Waals surface area contributed by atoms with E-state index in [1.54, 1.807) is 18.2 Å². The van der Waals surface area contributed by atoms with Crippen LogP contribution in [0.1, 0.15) is 42.6 Å². The Kier molecular flexibility index (Phi) is 6.37. The summed E-state index contributed by atoms with van der Waals surface area (Å²) in [7, 11) is -3.85. The van der Waals surface area contributed by atoms with Gasteiger partial charge in [0.1, 0.15) is 16.7 Å². The van der Waals surface area contributed by atoms with E-state index in [1.165, 1.54) is 6.07 Å². The number of para-hydroxylation sites is 1. The molecule has 32 heavy (non-hydrogen) atoms. The third-order valence-electron chi connectivity index (χ3n) is 5.75. The van der Waals surface area contributed by atoms with Gasteiger partial charge in [0.2, 0.25) is 10.0 Å². The lowest BCUT2D eigenvalue weighted by Crippen LogP contribution is -2.26. The first-order valence-electron chi connectivity index (χ1n) is 10.8. The fourth-order valence-electron chi connectivity index (χ4n) is 4.12. The summed E-state index contributed by atoms with van der Waals surface area (Å²) in [5.74, 6) is 0.770. The zero-order chi connectivity index (χ0) is 22.9. The minimum atomic E-state index is -3.85. The van der Waals surface area contributed by atoms with Crippen molar-refractivity contribution in [3.63, 3.8) is 0 Å². The number of aryl methyl sites for hydroxylation is 2. The van der Waals surface area contributed by atoms with Gasteiger partial charge < -0.3 is 14.8 Å². The number of primary sulfonamides is 1. The molecule has 0 aliphatic carbocycles. The highest BCUT2D eigenvalue weighted by Gasteiger charge is 2.20. The first-order chi connectivity index (χ1) is 15.2. The summed E-state index contributed by atoms with van der Waals surface area (Å²) in [5.41, 5.74) is 4.28. The summed E-state index contributed by atoms with van der Waals surface area (Å²) < 4.78 is 35.7.